The van der Waals surface area contributed by atoms with Crippen LogP contribution >= 0.6 is 0 Å². The lowest BCUT2D eigenvalue weighted by Gasteiger charge is -2.17. The van der Waals surface area contributed by atoms with Crippen LogP contribution in [0.5, 0.6) is 5.88 Å². The van der Waals surface area contributed by atoms with E-state index in [1.807, 2.05) is 37.2 Å². The SMILES string of the molecule is CN(C)CCOc1cc(NC(=O)c2ccc3c(c2)CCOC3)ccn1. The molecule has 1 aromatic carbocycles. The van der Waals surface area contributed by atoms with E-state index in [0.717, 1.165) is 18.5 Å². The second-order valence-corrected chi connectivity index (χ2v) is 6.27. The fraction of sp³-hybridized carbons (Fsp3) is 0.368. The van der Waals surface area contributed by atoms with Crippen LogP contribution in [-0.4, -0.2) is 49.6 Å². The number of carbonyl (C=O) groups is 1. The predicted molar refractivity (Wildman–Crippen MR) is 96.0 cm³/mol. The first kappa shape index (κ1) is 17.4. The summed E-state index contributed by atoms with van der Waals surface area (Å²) in [6.45, 7) is 2.67. The summed E-state index contributed by atoms with van der Waals surface area (Å²) >= 11 is 0. The van der Waals surface area contributed by atoms with Gasteiger partial charge in [-0.05, 0) is 49.8 Å². The van der Waals surface area contributed by atoms with Crippen molar-refractivity contribution in [3.05, 3.63) is 53.2 Å². The number of rotatable bonds is 6. The fourth-order valence-electron chi connectivity index (χ4n) is 2.61. The molecule has 25 heavy (non-hydrogen) atoms. The average Bonchev–Trinajstić information content (AvgIpc) is 2.61. The van der Waals surface area contributed by atoms with Crippen molar-refractivity contribution in [1.29, 1.82) is 0 Å². The van der Waals surface area contributed by atoms with Crippen molar-refractivity contribution in [3.8, 4) is 5.88 Å². The van der Waals surface area contributed by atoms with Crippen LogP contribution in [0.4, 0.5) is 5.69 Å². The Morgan fingerprint density at radius 3 is 3.00 bits per heavy atom. The quantitative estimate of drug-likeness (QED) is 0.874. The number of benzene rings is 1. The zero-order chi connectivity index (χ0) is 17.6. The zero-order valence-electron chi connectivity index (χ0n) is 14.6. The van der Waals surface area contributed by atoms with Gasteiger partial charge in [0.05, 0.1) is 13.2 Å². The zero-order valence-corrected chi connectivity index (χ0v) is 14.6. The summed E-state index contributed by atoms with van der Waals surface area (Å²) in [7, 11) is 3.97. The van der Waals surface area contributed by atoms with Crippen LogP contribution in [0, 0.1) is 0 Å². The van der Waals surface area contributed by atoms with Crippen molar-refractivity contribution < 1.29 is 14.3 Å². The molecule has 6 nitrogen and oxygen atoms in total. The first-order valence-electron chi connectivity index (χ1n) is 8.36. The van der Waals surface area contributed by atoms with Gasteiger partial charge in [0.15, 0.2) is 0 Å². The molecule has 3 rings (SSSR count). The number of amides is 1. The van der Waals surface area contributed by atoms with E-state index < -0.39 is 0 Å². The van der Waals surface area contributed by atoms with E-state index in [0.29, 0.717) is 37.0 Å². The third-order valence-electron chi connectivity index (χ3n) is 4.02. The van der Waals surface area contributed by atoms with Crippen molar-refractivity contribution in [3.63, 3.8) is 0 Å². The number of nitrogens with one attached hydrogen (secondary N) is 1. The van der Waals surface area contributed by atoms with Gasteiger partial charge < -0.3 is 19.7 Å². The fourth-order valence-corrected chi connectivity index (χ4v) is 2.61. The summed E-state index contributed by atoms with van der Waals surface area (Å²) < 4.78 is 11.0. The van der Waals surface area contributed by atoms with Crippen LogP contribution in [0.1, 0.15) is 21.5 Å². The van der Waals surface area contributed by atoms with Crippen LogP contribution in [0.25, 0.3) is 0 Å². The number of aromatic nitrogens is 1. The first-order chi connectivity index (χ1) is 12.1. The van der Waals surface area contributed by atoms with Crippen LogP contribution < -0.4 is 10.1 Å². The lowest BCUT2D eigenvalue weighted by atomic mass is 10.00. The van der Waals surface area contributed by atoms with Crippen molar-refractivity contribution in [2.24, 2.45) is 0 Å². The van der Waals surface area contributed by atoms with Crippen molar-refractivity contribution in [2.45, 2.75) is 13.0 Å². The van der Waals surface area contributed by atoms with Gasteiger partial charge in [0.2, 0.25) is 5.88 Å². The smallest absolute Gasteiger partial charge is 0.255 e. The molecule has 0 saturated heterocycles. The molecule has 0 spiro atoms. The average molecular weight is 341 g/mol. The van der Waals surface area contributed by atoms with E-state index in [2.05, 4.69) is 10.3 Å². The standard InChI is InChI=1S/C19H23N3O3/c1-22(2)8-10-25-18-12-17(5-7-20-18)21-19(23)15-3-4-16-13-24-9-6-14(16)11-15/h3-5,7,11-12H,6,8-10,13H2,1-2H3,(H,20,21,23). The minimum absolute atomic E-state index is 0.139. The minimum Gasteiger partial charge on any atom is -0.476 e. The van der Waals surface area contributed by atoms with Gasteiger partial charge in [-0.1, -0.05) is 6.07 Å². The third kappa shape index (κ3) is 4.78. The lowest BCUT2D eigenvalue weighted by Crippen LogP contribution is -2.19. The first-order valence-corrected chi connectivity index (χ1v) is 8.36. The number of anilines is 1. The Kier molecular flexibility index (Phi) is 5.63. The molecule has 0 bridgehead atoms. The number of nitrogens with zero attached hydrogens (tertiary/aromatic N) is 2. The monoisotopic (exact) mass is 341 g/mol. The van der Waals surface area contributed by atoms with Gasteiger partial charge in [0.1, 0.15) is 6.61 Å². The molecule has 0 atom stereocenters. The number of carbonyl (C=O) groups excluding carboxylic acids is 1. The number of ether oxygens (including phenoxy) is 2. The maximum Gasteiger partial charge on any atom is 0.255 e. The highest BCUT2D eigenvalue weighted by molar-refractivity contribution is 6.04. The Morgan fingerprint density at radius 1 is 1.28 bits per heavy atom. The second-order valence-electron chi connectivity index (χ2n) is 6.27. The van der Waals surface area contributed by atoms with E-state index in [1.165, 1.54) is 5.56 Å². The van der Waals surface area contributed by atoms with Crippen molar-refractivity contribution in [2.75, 3.05) is 39.2 Å². The third-order valence-corrected chi connectivity index (χ3v) is 4.02. The predicted octanol–water partition coefficient (Wildman–Crippen LogP) is 2.35. The highest BCUT2D eigenvalue weighted by Gasteiger charge is 2.13. The minimum atomic E-state index is -0.139. The van der Waals surface area contributed by atoms with E-state index in [1.54, 1.807) is 18.3 Å². The molecular weight excluding hydrogens is 318 g/mol. The maximum atomic E-state index is 12.5. The molecular formula is C19H23N3O3. The van der Waals surface area contributed by atoms with Crippen LogP contribution in [-0.2, 0) is 17.8 Å². The number of fused-ring (bicyclic) bond motifs is 1. The Morgan fingerprint density at radius 2 is 2.16 bits per heavy atom. The van der Waals surface area contributed by atoms with Gasteiger partial charge in [0.25, 0.3) is 5.91 Å². The topological polar surface area (TPSA) is 63.7 Å². The highest BCUT2D eigenvalue weighted by atomic mass is 16.5. The molecule has 1 N–H and O–H groups in total. The molecule has 1 aromatic heterocycles. The summed E-state index contributed by atoms with van der Waals surface area (Å²) in [5.41, 5.74) is 3.65. The summed E-state index contributed by atoms with van der Waals surface area (Å²) in [6, 6.07) is 9.23. The number of hydrogen-bond acceptors (Lipinski definition) is 5. The summed E-state index contributed by atoms with van der Waals surface area (Å²) in [4.78, 5) is 18.7. The molecule has 0 saturated carbocycles. The summed E-state index contributed by atoms with van der Waals surface area (Å²) in [5, 5.41) is 2.90. The summed E-state index contributed by atoms with van der Waals surface area (Å²) in [5.74, 6) is 0.363. The van der Waals surface area contributed by atoms with E-state index in [9.17, 15) is 4.79 Å². The normalized spacial score (nSPS) is 13.4. The number of likely N-dealkylation sites (N-methyl/N-ethyl adjacent to an activating group) is 1. The Bertz CT molecular complexity index is 746. The van der Waals surface area contributed by atoms with E-state index in [4.69, 9.17) is 9.47 Å². The molecule has 1 aliphatic heterocycles. The molecule has 0 radical (unpaired) electrons. The molecule has 2 heterocycles. The number of pyridine rings is 1. The molecule has 0 aliphatic carbocycles. The van der Waals surface area contributed by atoms with Gasteiger partial charge in [-0.15, -0.1) is 0 Å². The summed E-state index contributed by atoms with van der Waals surface area (Å²) in [6.07, 6.45) is 2.47. The van der Waals surface area contributed by atoms with Gasteiger partial charge >= 0.3 is 0 Å². The molecule has 132 valence electrons. The number of hydrogen-bond donors (Lipinski definition) is 1. The van der Waals surface area contributed by atoms with Gasteiger partial charge in [-0.25, -0.2) is 4.98 Å². The molecule has 1 amide bonds. The van der Waals surface area contributed by atoms with Crippen LogP contribution in [0.2, 0.25) is 0 Å². The molecule has 6 heteroatoms. The van der Waals surface area contributed by atoms with Crippen LogP contribution in [0.3, 0.4) is 0 Å². The van der Waals surface area contributed by atoms with Crippen LogP contribution in [0.15, 0.2) is 36.5 Å². The molecule has 1 aliphatic rings. The molecule has 0 fully saturated rings. The lowest BCUT2D eigenvalue weighted by molar-refractivity contribution is 0.102. The highest BCUT2D eigenvalue weighted by Crippen LogP contribution is 2.20. The molecule has 2 aromatic rings. The second kappa shape index (κ2) is 8.09. The Labute approximate surface area is 147 Å². The maximum absolute atomic E-state index is 12.5. The van der Waals surface area contributed by atoms with E-state index in [-0.39, 0.29) is 5.91 Å². The Hall–Kier alpha value is -2.44. The van der Waals surface area contributed by atoms with Gasteiger partial charge in [-0.2, -0.15) is 0 Å². The largest absolute Gasteiger partial charge is 0.476 e. The van der Waals surface area contributed by atoms with Gasteiger partial charge in [-0.3, -0.25) is 4.79 Å². The van der Waals surface area contributed by atoms with Crippen molar-refractivity contribution in [1.82, 2.24) is 9.88 Å². The molecule has 0 unspecified atom stereocenters. The van der Waals surface area contributed by atoms with Crippen molar-refractivity contribution >= 4 is 11.6 Å². The van der Waals surface area contributed by atoms with E-state index >= 15 is 0 Å². The van der Waals surface area contributed by atoms with Gasteiger partial charge in [0, 0.05) is 30.1 Å². The Balaban J connectivity index is 1.64.